The van der Waals surface area contributed by atoms with Crippen molar-refractivity contribution >= 4 is 24.0 Å². The molecule has 5 aliphatic carbocycles. The molecular formula is C28H39Cl2N. The Morgan fingerprint density at radius 3 is 2.26 bits per heavy atom. The van der Waals surface area contributed by atoms with E-state index < -0.39 is 0 Å². The van der Waals surface area contributed by atoms with Gasteiger partial charge in [0.1, 0.15) is 0 Å². The highest BCUT2D eigenvalue weighted by atomic mass is 35.5. The van der Waals surface area contributed by atoms with Gasteiger partial charge >= 0.3 is 0 Å². The molecule has 0 saturated heterocycles. The topological polar surface area (TPSA) is 26.0 Å². The number of halogens is 2. The van der Waals surface area contributed by atoms with E-state index >= 15 is 0 Å². The van der Waals surface area contributed by atoms with Crippen LogP contribution in [0.25, 0.3) is 0 Å². The maximum atomic E-state index is 6.71. The van der Waals surface area contributed by atoms with Gasteiger partial charge in [0.05, 0.1) is 5.02 Å². The lowest BCUT2D eigenvalue weighted by molar-refractivity contribution is -0.00277. The molecular weight excluding hydrogens is 421 g/mol. The van der Waals surface area contributed by atoms with Crippen LogP contribution in [0.3, 0.4) is 0 Å². The van der Waals surface area contributed by atoms with E-state index in [1.54, 1.807) is 0 Å². The molecule has 31 heavy (non-hydrogen) atoms. The van der Waals surface area contributed by atoms with Gasteiger partial charge in [-0.1, -0.05) is 61.6 Å². The summed E-state index contributed by atoms with van der Waals surface area (Å²) >= 11 is 6.71. The maximum Gasteiger partial charge on any atom is 0.0565 e. The van der Waals surface area contributed by atoms with Gasteiger partial charge < -0.3 is 5.73 Å². The van der Waals surface area contributed by atoms with Crippen molar-refractivity contribution in [2.75, 3.05) is 6.54 Å². The van der Waals surface area contributed by atoms with Gasteiger partial charge in [0.15, 0.2) is 0 Å². The zero-order valence-electron chi connectivity index (χ0n) is 18.8. The number of rotatable bonds is 5. The van der Waals surface area contributed by atoms with E-state index in [2.05, 4.69) is 30.0 Å². The van der Waals surface area contributed by atoms with Gasteiger partial charge in [-0.3, -0.25) is 0 Å². The minimum absolute atomic E-state index is 0. The molecule has 4 bridgehead atoms. The van der Waals surface area contributed by atoms with Crippen LogP contribution in [0.4, 0.5) is 0 Å². The fourth-order valence-electron chi connectivity index (χ4n) is 7.88. The third-order valence-electron chi connectivity index (χ3n) is 9.09. The summed E-state index contributed by atoms with van der Waals surface area (Å²) in [5.41, 5.74) is 8.58. The molecule has 1 aromatic rings. The van der Waals surface area contributed by atoms with Gasteiger partial charge in [-0.15, -0.1) is 12.4 Å². The van der Waals surface area contributed by atoms with E-state index in [0.717, 1.165) is 65.5 Å². The van der Waals surface area contributed by atoms with Crippen molar-refractivity contribution < 1.29 is 0 Å². The first-order valence-corrected chi connectivity index (χ1v) is 13.1. The molecule has 1 nitrogen and oxygen atoms in total. The Hall–Kier alpha value is -0.680. The highest BCUT2D eigenvalue weighted by Gasteiger charge is 2.48. The summed E-state index contributed by atoms with van der Waals surface area (Å²) in [5.74, 6) is 12.9. The lowest BCUT2D eigenvalue weighted by atomic mass is 9.51. The standard InChI is InChI=1S/C28H38ClN.ClH/c29-27-17-23(28-25-13-19-12-20(15-25)16-26(28)14-19)11-10-22(27)8-4-5-9-24(18-30)21-6-2-1-3-7-21;/h10-11,17,19-21,24-26,28H,1-3,5-7,9,12-16,18,30H2;1H. The molecule has 5 saturated carbocycles. The third-order valence-corrected chi connectivity index (χ3v) is 9.40. The summed E-state index contributed by atoms with van der Waals surface area (Å²) < 4.78 is 0. The summed E-state index contributed by atoms with van der Waals surface area (Å²) in [6, 6.07) is 6.79. The van der Waals surface area contributed by atoms with Crippen LogP contribution in [0.2, 0.25) is 5.02 Å². The van der Waals surface area contributed by atoms with Gasteiger partial charge in [-0.2, -0.15) is 0 Å². The van der Waals surface area contributed by atoms with Gasteiger partial charge in [0, 0.05) is 12.0 Å². The Bertz CT molecular complexity index is 773. The lowest BCUT2D eigenvalue weighted by Gasteiger charge is -2.54. The van der Waals surface area contributed by atoms with Crippen molar-refractivity contribution in [3.63, 3.8) is 0 Å². The Kier molecular flexibility index (Phi) is 7.95. The van der Waals surface area contributed by atoms with Gasteiger partial charge in [-0.05, 0) is 104 Å². The zero-order chi connectivity index (χ0) is 20.5. The van der Waals surface area contributed by atoms with Crippen molar-refractivity contribution in [1.82, 2.24) is 0 Å². The van der Waals surface area contributed by atoms with Gasteiger partial charge in [0.2, 0.25) is 0 Å². The molecule has 0 amide bonds. The van der Waals surface area contributed by atoms with Gasteiger partial charge in [-0.25, -0.2) is 0 Å². The Balaban J connectivity index is 0.00000231. The summed E-state index contributed by atoms with van der Waals surface area (Å²) in [6.07, 6.45) is 16.3. The number of hydrogen-bond acceptors (Lipinski definition) is 1. The van der Waals surface area contributed by atoms with Crippen LogP contribution in [0.15, 0.2) is 18.2 Å². The minimum Gasteiger partial charge on any atom is -0.330 e. The van der Waals surface area contributed by atoms with Crippen LogP contribution >= 0.6 is 24.0 Å². The van der Waals surface area contributed by atoms with Crippen LogP contribution in [0.1, 0.15) is 94.1 Å². The molecule has 1 atom stereocenters. The normalized spacial score (nSPS) is 32.8. The largest absolute Gasteiger partial charge is 0.330 e. The predicted octanol–water partition coefficient (Wildman–Crippen LogP) is 7.59. The Labute approximate surface area is 200 Å². The molecule has 6 rings (SSSR count). The molecule has 1 unspecified atom stereocenters. The average molecular weight is 461 g/mol. The third kappa shape index (κ3) is 5.13. The van der Waals surface area contributed by atoms with E-state index in [-0.39, 0.29) is 12.4 Å². The molecule has 3 heteroatoms. The van der Waals surface area contributed by atoms with Crippen molar-refractivity contribution in [2.45, 2.75) is 83.0 Å². The van der Waals surface area contributed by atoms with Crippen LogP contribution in [-0.2, 0) is 0 Å². The second-order valence-corrected chi connectivity index (χ2v) is 11.3. The smallest absolute Gasteiger partial charge is 0.0565 e. The summed E-state index contributed by atoms with van der Waals surface area (Å²) in [6.45, 7) is 0.813. The SMILES string of the molecule is Cl.NCC(CCC#Cc1ccc(C2C3CC4CC(C3)CC2C4)cc1Cl)C1CCCCC1. The number of nitrogens with two attached hydrogens (primary N) is 1. The van der Waals surface area contributed by atoms with Crippen LogP contribution in [-0.4, -0.2) is 6.54 Å². The highest BCUT2D eigenvalue weighted by Crippen LogP contribution is 2.59. The van der Waals surface area contributed by atoms with Crippen molar-refractivity contribution in [3.05, 3.63) is 34.3 Å². The first-order chi connectivity index (χ1) is 14.7. The van der Waals surface area contributed by atoms with Crippen LogP contribution in [0, 0.1) is 47.3 Å². The maximum absolute atomic E-state index is 6.71. The number of benzene rings is 1. The van der Waals surface area contributed by atoms with Crippen molar-refractivity contribution in [1.29, 1.82) is 0 Å². The fraction of sp³-hybridized carbons (Fsp3) is 0.714. The molecule has 0 spiro atoms. The Morgan fingerprint density at radius 1 is 0.968 bits per heavy atom. The van der Waals surface area contributed by atoms with Crippen LogP contribution < -0.4 is 5.73 Å². The second kappa shape index (κ2) is 10.5. The predicted molar refractivity (Wildman–Crippen MR) is 134 cm³/mol. The first-order valence-electron chi connectivity index (χ1n) is 12.7. The van der Waals surface area contributed by atoms with E-state index in [1.165, 1.54) is 69.8 Å². The van der Waals surface area contributed by atoms with E-state index in [0.29, 0.717) is 5.92 Å². The summed E-state index contributed by atoms with van der Waals surface area (Å²) in [4.78, 5) is 0. The van der Waals surface area contributed by atoms with Crippen molar-refractivity contribution in [3.8, 4) is 11.8 Å². The molecule has 0 aliphatic heterocycles. The molecule has 0 radical (unpaired) electrons. The Morgan fingerprint density at radius 2 is 1.65 bits per heavy atom. The molecule has 2 N–H and O–H groups in total. The summed E-state index contributed by atoms with van der Waals surface area (Å²) in [7, 11) is 0. The molecule has 0 aromatic heterocycles. The monoisotopic (exact) mass is 459 g/mol. The molecule has 5 fully saturated rings. The second-order valence-electron chi connectivity index (χ2n) is 10.9. The molecule has 1 aromatic carbocycles. The molecule has 5 aliphatic rings. The highest BCUT2D eigenvalue weighted by molar-refractivity contribution is 6.31. The molecule has 170 valence electrons. The van der Waals surface area contributed by atoms with E-state index in [1.807, 2.05) is 0 Å². The quantitative estimate of drug-likeness (QED) is 0.450. The average Bonchev–Trinajstić information content (AvgIpc) is 2.75. The molecule has 0 heterocycles. The van der Waals surface area contributed by atoms with E-state index in [4.69, 9.17) is 17.3 Å². The van der Waals surface area contributed by atoms with Crippen LogP contribution in [0.5, 0.6) is 0 Å². The number of hydrogen-bond donors (Lipinski definition) is 1. The zero-order valence-corrected chi connectivity index (χ0v) is 20.4. The fourth-order valence-corrected chi connectivity index (χ4v) is 8.11. The minimum atomic E-state index is 0. The van der Waals surface area contributed by atoms with Gasteiger partial charge in [0.25, 0.3) is 0 Å². The lowest BCUT2D eigenvalue weighted by Crippen LogP contribution is -2.43. The van der Waals surface area contributed by atoms with E-state index in [9.17, 15) is 0 Å². The first kappa shape index (κ1) is 23.5. The summed E-state index contributed by atoms with van der Waals surface area (Å²) in [5, 5.41) is 0.858. The van der Waals surface area contributed by atoms with Crippen molar-refractivity contribution in [2.24, 2.45) is 41.2 Å².